The molecule has 1 aliphatic carbocycles. The zero-order valence-electron chi connectivity index (χ0n) is 24.9. The smallest absolute Gasteiger partial charge is 0.246 e. The second-order valence-electron chi connectivity index (χ2n) is 11.2. The number of nitrogens with zero attached hydrogens (tertiary/aromatic N) is 7. The van der Waals surface area contributed by atoms with Gasteiger partial charge in [0.05, 0.1) is 5.56 Å². The van der Waals surface area contributed by atoms with Crippen LogP contribution in [0.15, 0.2) is 79.8 Å². The molecule has 3 atom stereocenters. The van der Waals surface area contributed by atoms with Crippen molar-refractivity contribution in [3.05, 3.63) is 90.9 Å². The number of fused-ring (bicyclic) bond motifs is 2. The SMILES string of the molecule is C=CC(=O)N1CCC(NC)CC1C.Nc1ncccc1-c1nc2ccc(-n3cccn3)nc2n1-c1ccc2c(c1)CC(F)C2. The van der Waals surface area contributed by atoms with Gasteiger partial charge in [-0.3, -0.25) is 9.36 Å². The summed E-state index contributed by atoms with van der Waals surface area (Å²) in [7, 11) is 1.97. The molecule has 1 fully saturated rings. The van der Waals surface area contributed by atoms with Crippen molar-refractivity contribution in [2.24, 2.45) is 0 Å². The number of nitrogen functional groups attached to an aromatic ring is 1. The first-order valence-electron chi connectivity index (χ1n) is 14.8. The number of pyridine rings is 2. The zero-order valence-corrected chi connectivity index (χ0v) is 24.9. The van der Waals surface area contributed by atoms with Gasteiger partial charge in [-0.05, 0) is 86.5 Å². The summed E-state index contributed by atoms with van der Waals surface area (Å²) in [6.45, 7) is 6.44. The lowest BCUT2D eigenvalue weighted by atomic mass is 9.98. The summed E-state index contributed by atoms with van der Waals surface area (Å²) < 4.78 is 17.6. The Hall–Kier alpha value is -4.90. The van der Waals surface area contributed by atoms with Gasteiger partial charge in [-0.1, -0.05) is 12.6 Å². The number of nitrogens with two attached hydrogens (primary N) is 1. The Balaban J connectivity index is 0.000000223. The minimum atomic E-state index is -0.831. The Morgan fingerprint density at radius 1 is 1.11 bits per heavy atom. The number of anilines is 1. The van der Waals surface area contributed by atoms with E-state index in [1.165, 1.54) is 6.08 Å². The van der Waals surface area contributed by atoms with Crippen molar-refractivity contribution in [3.8, 4) is 22.9 Å². The lowest BCUT2D eigenvalue weighted by Crippen LogP contribution is -2.48. The van der Waals surface area contributed by atoms with Crippen molar-refractivity contribution in [1.29, 1.82) is 0 Å². The van der Waals surface area contributed by atoms with Crippen LogP contribution >= 0.6 is 0 Å². The van der Waals surface area contributed by atoms with Gasteiger partial charge < -0.3 is 16.0 Å². The van der Waals surface area contributed by atoms with E-state index >= 15 is 0 Å². The van der Waals surface area contributed by atoms with Crippen LogP contribution in [-0.4, -0.2) is 72.0 Å². The average Bonchev–Trinajstić information content (AvgIpc) is 3.78. The van der Waals surface area contributed by atoms with E-state index < -0.39 is 6.17 Å². The monoisotopic (exact) mass is 593 g/mol. The van der Waals surface area contributed by atoms with E-state index in [0.29, 0.717) is 53.6 Å². The first kappa shape index (κ1) is 29.2. The van der Waals surface area contributed by atoms with Gasteiger partial charge in [-0.2, -0.15) is 5.10 Å². The number of hydrogen-bond donors (Lipinski definition) is 2. The molecule has 4 aromatic heterocycles. The lowest BCUT2D eigenvalue weighted by molar-refractivity contribution is -0.129. The van der Waals surface area contributed by atoms with Crippen molar-refractivity contribution in [2.45, 2.75) is 50.9 Å². The predicted octanol–water partition coefficient (Wildman–Crippen LogP) is 4.46. The standard InChI is InChI=1S/C23H18FN7.C10H18N2O/c24-16-11-14-4-5-17(13-15(14)12-16)31-22(18-3-1-8-26-21(18)25)28-19-6-7-20(29-23(19)31)30-10-2-9-27-30;1-4-10(13)12-6-5-9(11-3)7-8(12)2/h1-10,13,16H,11-12H2,(H2,25,26);4,8-9,11H,1,5-7H2,2-3H3. The van der Waals surface area contributed by atoms with Crippen molar-refractivity contribution >= 4 is 22.9 Å². The molecule has 1 aromatic carbocycles. The highest BCUT2D eigenvalue weighted by atomic mass is 19.1. The summed E-state index contributed by atoms with van der Waals surface area (Å²) in [5.74, 6) is 1.76. The summed E-state index contributed by atoms with van der Waals surface area (Å²) in [5.41, 5.74) is 11.2. The molecular formula is C33H36FN9O. The number of halogens is 1. The summed E-state index contributed by atoms with van der Waals surface area (Å²) >= 11 is 0. The number of nitrogens with one attached hydrogen (secondary N) is 1. The Kier molecular flexibility index (Phi) is 8.21. The first-order chi connectivity index (χ1) is 21.4. The fourth-order valence-electron chi connectivity index (χ4n) is 6.08. The van der Waals surface area contributed by atoms with Crippen LogP contribution < -0.4 is 11.1 Å². The Morgan fingerprint density at radius 2 is 1.95 bits per heavy atom. The molecule has 11 heteroatoms. The minimum Gasteiger partial charge on any atom is -0.383 e. The molecule has 5 aromatic rings. The van der Waals surface area contributed by atoms with Gasteiger partial charge in [0.25, 0.3) is 0 Å². The molecule has 0 bridgehead atoms. The van der Waals surface area contributed by atoms with Crippen LogP contribution in [0.5, 0.6) is 0 Å². The number of rotatable bonds is 5. The molecule has 226 valence electrons. The van der Waals surface area contributed by atoms with Crippen LogP contribution in [-0.2, 0) is 17.6 Å². The van der Waals surface area contributed by atoms with E-state index in [2.05, 4.69) is 28.9 Å². The number of piperidine rings is 1. The molecule has 0 spiro atoms. The quantitative estimate of drug-likeness (QED) is 0.289. The predicted molar refractivity (Wildman–Crippen MR) is 169 cm³/mol. The van der Waals surface area contributed by atoms with Crippen molar-refractivity contribution in [3.63, 3.8) is 0 Å². The van der Waals surface area contributed by atoms with Crippen LogP contribution in [0.2, 0.25) is 0 Å². The fourth-order valence-corrected chi connectivity index (χ4v) is 6.08. The first-order valence-corrected chi connectivity index (χ1v) is 14.8. The summed E-state index contributed by atoms with van der Waals surface area (Å²) in [6.07, 6.45) is 8.73. The van der Waals surface area contributed by atoms with Gasteiger partial charge in [0, 0.05) is 55.7 Å². The van der Waals surface area contributed by atoms with Gasteiger partial charge in [0.1, 0.15) is 17.5 Å². The van der Waals surface area contributed by atoms with E-state index in [9.17, 15) is 9.18 Å². The molecular weight excluding hydrogens is 557 g/mol. The maximum atomic E-state index is 14.0. The van der Waals surface area contributed by atoms with E-state index in [1.54, 1.807) is 17.1 Å². The molecule has 0 saturated carbocycles. The zero-order chi connectivity index (χ0) is 30.8. The number of imidazole rings is 1. The molecule has 0 radical (unpaired) electrons. The highest BCUT2D eigenvalue weighted by molar-refractivity contribution is 5.87. The summed E-state index contributed by atoms with van der Waals surface area (Å²) in [6, 6.07) is 16.2. The lowest BCUT2D eigenvalue weighted by Gasteiger charge is -2.37. The third kappa shape index (κ3) is 5.70. The van der Waals surface area contributed by atoms with Crippen LogP contribution in [0.25, 0.3) is 34.1 Å². The number of carbonyl (C=O) groups is 1. The minimum absolute atomic E-state index is 0.0575. The number of amides is 1. The summed E-state index contributed by atoms with van der Waals surface area (Å²) in [4.78, 5) is 27.1. The second-order valence-corrected chi connectivity index (χ2v) is 11.2. The van der Waals surface area contributed by atoms with E-state index in [0.717, 1.165) is 41.7 Å². The van der Waals surface area contributed by atoms with E-state index in [1.807, 2.05) is 71.2 Å². The van der Waals surface area contributed by atoms with Crippen LogP contribution in [0.4, 0.5) is 10.2 Å². The largest absolute Gasteiger partial charge is 0.383 e. The third-order valence-corrected chi connectivity index (χ3v) is 8.38. The Morgan fingerprint density at radius 3 is 2.68 bits per heavy atom. The van der Waals surface area contributed by atoms with E-state index in [-0.39, 0.29) is 5.91 Å². The molecule has 1 aliphatic heterocycles. The molecule has 10 nitrogen and oxygen atoms in total. The number of hydrogen-bond acceptors (Lipinski definition) is 7. The van der Waals surface area contributed by atoms with Crippen molar-refractivity contribution in [2.75, 3.05) is 19.3 Å². The highest BCUT2D eigenvalue weighted by Crippen LogP contribution is 2.33. The number of likely N-dealkylation sites (tertiary alicyclic amines) is 1. The Bertz CT molecular complexity index is 1800. The van der Waals surface area contributed by atoms with E-state index in [4.69, 9.17) is 15.7 Å². The number of alkyl halides is 1. The fraction of sp³-hybridized carbons (Fsp3) is 0.303. The molecule has 2 aliphatic rings. The van der Waals surface area contributed by atoms with Gasteiger partial charge >= 0.3 is 0 Å². The summed E-state index contributed by atoms with van der Waals surface area (Å²) in [5, 5.41) is 7.53. The molecule has 5 heterocycles. The second kappa shape index (κ2) is 12.4. The third-order valence-electron chi connectivity index (χ3n) is 8.38. The van der Waals surface area contributed by atoms with Crippen LogP contribution in [0.3, 0.4) is 0 Å². The number of carbonyl (C=O) groups excluding carboxylic acids is 1. The molecule has 44 heavy (non-hydrogen) atoms. The normalized spacial score (nSPS) is 19.3. The number of aromatic nitrogens is 6. The Labute approximate surface area is 255 Å². The van der Waals surface area contributed by atoms with Gasteiger partial charge in [-0.15, -0.1) is 0 Å². The molecule has 3 unspecified atom stereocenters. The van der Waals surface area contributed by atoms with Gasteiger partial charge in [0.2, 0.25) is 5.91 Å². The topological polar surface area (TPSA) is 120 Å². The van der Waals surface area contributed by atoms with Crippen LogP contribution in [0, 0.1) is 0 Å². The maximum Gasteiger partial charge on any atom is 0.246 e. The van der Waals surface area contributed by atoms with Crippen molar-refractivity contribution in [1.82, 2.24) is 39.5 Å². The molecule has 3 N–H and O–H groups in total. The van der Waals surface area contributed by atoms with Crippen molar-refractivity contribution < 1.29 is 9.18 Å². The molecule has 7 rings (SSSR count). The van der Waals surface area contributed by atoms with Gasteiger partial charge in [-0.25, -0.2) is 24.0 Å². The molecule has 1 saturated heterocycles. The van der Waals surface area contributed by atoms with Gasteiger partial charge in [0.15, 0.2) is 17.3 Å². The maximum absolute atomic E-state index is 14.0. The highest BCUT2D eigenvalue weighted by Gasteiger charge is 2.26. The molecule has 1 amide bonds. The average molecular weight is 594 g/mol. The van der Waals surface area contributed by atoms with Crippen LogP contribution in [0.1, 0.15) is 30.9 Å². The number of benzene rings is 1.